The van der Waals surface area contributed by atoms with Crippen molar-refractivity contribution in [3.05, 3.63) is 76.3 Å². The number of hydrogen-bond donors (Lipinski definition) is 1. The number of nitrogens with zero attached hydrogens (tertiary/aromatic N) is 2. The van der Waals surface area contributed by atoms with E-state index < -0.39 is 0 Å². The average Bonchev–Trinajstić information content (AvgIpc) is 3.51. The number of ether oxygens (including phenoxy) is 1. The Balaban J connectivity index is 1.74. The smallest absolute Gasteiger partial charge is 0.255 e. The molecule has 9 heteroatoms. The number of furan rings is 1. The van der Waals surface area contributed by atoms with Crippen molar-refractivity contribution in [1.29, 1.82) is 0 Å². The van der Waals surface area contributed by atoms with Crippen molar-refractivity contribution in [1.82, 2.24) is 15.6 Å². The van der Waals surface area contributed by atoms with Gasteiger partial charge in [0, 0.05) is 23.6 Å². The number of hydrogen-bond acceptors (Lipinski definition) is 7. The van der Waals surface area contributed by atoms with Gasteiger partial charge in [-0.05, 0) is 64.1 Å². The molecule has 1 N–H and O–H groups in total. The first kappa shape index (κ1) is 23.3. The molecule has 3 heterocycles. The van der Waals surface area contributed by atoms with E-state index >= 15 is 0 Å². The lowest BCUT2D eigenvalue weighted by molar-refractivity contribution is 0.0964. The summed E-state index contributed by atoms with van der Waals surface area (Å²) < 4.78 is 36.7. The molecule has 0 bridgehead atoms. The zero-order chi connectivity index (χ0) is 25.6. The van der Waals surface area contributed by atoms with Gasteiger partial charge in [-0.2, -0.15) is 0 Å². The average molecular weight is 490 g/mol. The molecular formula is C27H24FN3O5. The zero-order valence-electron chi connectivity index (χ0n) is 20.5. The van der Waals surface area contributed by atoms with Crippen molar-refractivity contribution in [2.24, 2.45) is 0 Å². The molecule has 5 rings (SSSR count). The van der Waals surface area contributed by atoms with Gasteiger partial charge in [-0.1, -0.05) is 10.3 Å². The molecule has 8 nitrogen and oxygen atoms in total. The van der Waals surface area contributed by atoms with Crippen molar-refractivity contribution in [2.75, 3.05) is 7.05 Å². The fourth-order valence-electron chi connectivity index (χ4n) is 4.32. The molecule has 2 aromatic carbocycles. The summed E-state index contributed by atoms with van der Waals surface area (Å²) in [5.74, 6) is 1.40. The molecule has 0 radical (unpaired) electrons. The highest BCUT2D eigenvalue weighted by Gasteiger charge is 2.26. The Bertz CT molecular complexity index is 1560. The van der Waals surface area contributed by atoms with Crippen LogP contribution < -0.4 is 10.1 Å². The first-order chi connectivity index (χ1) is 17.3. The maximum absolute atomic E-state index is 13.6. The summed E-state index contributed by atoms with van der Waals surface area (Å²) in [5.41, 5.74) is 5.10. The van der Waals surface area contributed by atoms with Crippen LogP contribution in [0.3, 0.4) is 0 Å². The number of aromatic nitrogens is 2. The van der Waals surface area contributed by atoms with Gasteiger partial charge in [0.1, 0.15) is 41.0 Å². The molecule has 36 heavy (non-hydrogen) atoms. The molecule has 0 atom stereocenters. The standard InChI is InChI=1S/C27H24FN3O5/c1-13-21(15(3)35-30-13)12-33-22-10-20-23(11-19(22)24-14(2)31-36-16(24)4)34-26(25(20)27(32)29-5)17-6-8-18(28)9-7-17/h6-11H,12H2,1-5H3,(H,29,32). The Kier molecular flexibility index (Phi) is 5.83. The number of carbonyl (C=O) groups excluding carboxylic acids is 1. The quantitative estimate of drug-likeness (QED) is 0.309. The van der Waals surface area contributed by atoms with Crippen molar-refractivity contribution in [3.63, 3.8) is 0 Å². The Morgan fingerprint density at radius 1 is 1.00 bits per heavy atom. The molecule has 3 aromatic heterocycles. The number of nitrogens with one attached hydrogen (secondary N) is 1. The second-order valence-electron chi connectivity index (χ2n) is 8.53. The molecule has 0 fully saturated rings. The van der Waals surface area contributed by atoms with Crippen LogP contribution >= 0.6 is 0 Å². The number of amides is 1. The number of halogens is 1. The SMILES string of the molecule is CNC(=O)c1c(-c2ccc(F)cc2)oc2cc(-c3c(C)noc3C)c(OCc3c(C)noc3C)cc12. The van der Waals surface area contributed by atoms with Gasteiger partial charge in [0.15, 0.2) is 0 Å². The Morgan fingerprint density at radius 3 is 2.31 bits per heavy atom. The second-order valence-corrected chi connectivity index (χ2v) is 8.53. The van der Waals surface area contributed by atoms with E-state index in [4.69, 9.17) is 18.2 Å². The predicted molar refractivity (Wildman–Crippen MR) is 130 cm³/mol. The summed E-state index contributed by atoms with van der Waals surface area (Å²) in [4.78, 5) is 13.0. The van der Waals surface area contributed by atoms with Crippen LogP contribution in [0.1, 0.15) is 38.8 Å². The first-order valence-electron chi connectivity index (χ1n) is 11.3. The van der Waals surface area contributed by atoms with E-state index in [1.807, 2.05) is 33.8 Å². The minimum atomic E-state index is -0.382. The fourth-order valence-corrected chi connectivity index (χ4v) is 4.32. The maximum atomic E-state index is 13.6. The third kappa shape index (κ3) is 3.92. The van der Waals surface area contributed by atoms with Crippen LogP contribution in [0.25, 0.3) is 33.4 Å². The summed E-state index contributed by atoms with van der Waals surface area (Å²) in [7, 11) is 1.54. The van der Waals surface area contributed by atoms with E-state index in [0.717, 1.165) is 16.8 Å². The van der Waals surface area contributed by atoms with Crippen LogP contribution in [-0.2, 0) is 6.61 Å². The Labute approximate surface area is 206 Å². The van der Waals surface area contributed by atoms with Crippen LogP contribution in [0, 0.1) is 33.5 Å². The highest BCUT2D eigenvalue weighted by atomic mass is 19.1. The van der Waals surface area contributed by atoms with E-state index in [-0.39, 0.29) is 18.3 Å². The van der Waals surface area contributed by atoms with Crippen LogP contribution in [0.2, 0.25) is 0 Å². The van der Waals surface area contributed by atoms with Gasteiger partial charge < -0.3 is 23.5 Å². The largest absolute Gasteiger partial charge is 0.488 e. The third-order valence-corrected chi connectivity index (χ3v) is 6.21. The highest BCUT2D eigenvalue weighted by Crippen LogP contribution is 2.42. The second kappa shape index (κ2) is 8.99. The zero-order valence-corrected chi connectivity index (χ0v) is 20.5. The summed E-state index contributed by atoms with van der Waals surface area (Å²) in [6, 6.07) is 9.38. The number of rotatable bonds is 6. The molecular weight excluding hydrogens is 465 g/mol. The highest BCUT2D eigenvalue weighted by molar-refractivity contribution is 6.12. The van der Waals surface area contributed by atoms with Crippen molar-refractivity contribution >= 4 is 16.9 Å². The van der Waals surface area contributed by atoms with Gasteiger partial charge in [0.25, 0.3) is 5.91 Å². The van der Waals surface area contributed by atoms with Crippen molar-refractivity contribution < 1.29 is 27.4 Å². The number of benzene rings is 2. The van der Waals surface area contributed by atoms with Gasteiger partial charge in [-0.15, -0.1) is 0 Å². The molecule has 0 saturated carbocycles. The summed E-state index contributed by atoms with van der Waals surface area (Å²) in [6.45, 7) is 7.55. The lowest BCUT2D eigenvalue weighted by Crippen LogP contribution is -2.18. The molecule has 184 valence electrons. The lowest BCUT2D eigenvalue weighted by Gasteiger charge is -2.12. The number of carbonyl (C=O) groups is 1. The molecule has 0 aliphatic rings. The minimum Gasteiger partial charge on any atom is -0.488 e. The van der Waals surface area contributed by atoms with Crippen LogP contribution in [-0.4, -0.2) is 23.3 Å². The molecule has 0 saturated heterocycles. The van der Waals surface area contributed by atoms with Crippen LogP contribution in [0.15, 0.2) is 49.9 Å². The summed E-state index contributed by atoms with van der Waals surface area (Å²) >= 11 is 0. The molecule has 0 unspecified atom stereocenters. The van der Waals surface area contributed by atoms with Gasteiger partial charge >= 0.3 is 0 Å². The van der Waals surface area contributed by atoms with Crippen molar-refractivity contribution in [3.8, 4) is 28.2 Å². The van der Waals surface area contributed by atoms with Gasteiger partial charge in [0.2, 0.25) is 0 Å². The molecule has 5 aromatic rings. The fraction of sp³-hybridized carbons (Fsp3) is 0.222. The molecule has 0 spiro atoms. The van der Waals surface area contributed by atoms with E-state index in [1.165, 1.54) is 12.1 Å². The number of fused-ring (bicyclic) bond motifs is 1. The van der Waals surface area contributed by atoms with Gasteiger partial charge in [0.05, 0.1) is 28.1 Å². The third-order valence-electron chi connectivity index (χ3n) is 6.21. The van der Waals surface area contributed by atoms with Gasteiger partial charge in [-0.3, -0.25) is 4.79 Å². The maximum Gasteiger partial charge on any atom is 0.255 e. The number of aryl methyl sites for hydroxylation is 4. The Hall–Kier alpha value is -4.40. The van der Waals surface area contributed by atoms with E-state index in [1.54, 1.807) is 25.2 Å². The molecule has 0 aliphatic heterocycles. The van der Waals surface area contributed by atoms with Crippen LogP contribution in [0.5, 0.6) is 5.75 Å². The monoisotopic (exact) mass is 489 g/mol. The first-order valence-corrected chi connectivity index (χ1v) is 11.3. The van der Waals surface area contributed by atoms with Gasteiger partial charge in [-0.25, -0.2) is 4.39 Å². The van der Waals surface area contributed by atoms with E-state index in [2.05, 4.69) is 15.6 Å². The van der Waals surface area contributed by atoms with Crippen LogP contribution in [0.4, 0.5) is 4.39 Å². The topological polar surface area (TPSA) is 104 Å². The predicted octanol–water partition coefficient (Wildman–Crippen LogP) is 6.05. The minimum absolute atomic E-state index is 0.209. The lowest BCUT2D eigenvalue weighted by atomic mass is 9.99. The van der Waals surface area contributed by atoms with E-state index in [0.29, 0.717) is 56.4 Å². The Morgan fingerprint density at radius 2 is 1.69 bits per heavy atom. The molecule has 1 amide bonds. The van der Waals surface area contributed by atoms with Crippen molar-refractivity contribution in [2.45, 2.75) is 34.3 Å². The van der Waals surface area contributed by atoms with E-state index in [9.17, 15) is 9.18 Å². The summed E-state index contributed by atoms with van der Waals surface area (Å²) in [6.07, 6.45) is 0. The normalized spacial score (nSPS) is 11.3. The summed E-state index contributed by atoms with van der Waals surface area (Å²) in [5, 5.41) is 11.3. The molecule has 0 aliphatic carbocycles.